The Bertz CT molecular complexity index is 753. The number of halogens is 2. The van der Waals surface area contributed by atoms with Crippen LogP contribution in [0.15, 0.2) is 42.5 Å². The molecule has 0 aromatic heterocycles. The molecule has 0 radical (unpaired) electrons. The Morgan fingerprint density at radius 1 is 0.958 bits per heavy atom. The van der Waals surface area contributed by atoms with E-state index in [1.165, 1.54) is 18.2 Å². The number of carbonyl (C=O) groups excluding carboxylic acids is 2. The van der Waals surface area contributed by atoms with Crippen LogP contribution in [-0.2, 0) is 4.74 Å². The summed E-state index contributed by atoms with van der Waals surface area (Å²) >= 11 is 0. The fourth-order valence-corrected chi connectivity index (χ4v) is 1.75. The van der Waals surface area contributed by atoms with Crippen LogP contribution in [-0.4, -0.2) is 18.8 Å². The monoisotopic (exact) mass is 336 g/mol. The summed E-state index contributed by atoms with van der Waals surface area (Å²) in [7, 11) is 0. The van der Waals surface area contributed by atoms with E-state index in [-0.39, 0.29) is 18.0 Å². The quantitative estimate of drug-likeness (QED) is 0.879. The van der Waals surface area contributed by atoms with Crippen molar-refractivity contribution in [2.45, 2.75) is 6.92 Å². The molecule has 2 amide bonds. The van der Waals surface area contributed by atoms with E-state index in [1.807, 2.05) is 0 Å². The Morgan fingerprint density at radius 3 is 2.38 bits per heavy atom. The minimum Gasteiger partial charge on any atom is -0.450 e. The number of ether oxygens (including phenoxy) is 2. The molecule has 2 rings (SSSR count). The Hall–Kier alpha value is -3.16. The maximum absolute atomic E-state index is 13.1. The van der Waals surface area contributed by atoms with E-state index < -0.39 is 23.8 Å². The zero-order valence-electron chi connectivity index (χ0n) is 12.6. The molecule has 0 spiro atoms. The number of nitrogens with one attached hydrogen (secondary N) is 2. The number of hydrogen-bond donors (Lipinski definition) is 2. The average Bonchev–Trinajstić information content (AvgIpc) is 2.51. The molecule has 126 valence electrons. The maximum atomic E-state index is 13.1. The van der Waals surface area contributed by atoms with Crippen LogP contribution < -0.4 is 15.4 Å². The molecule has 0 unspecified atom stereocenters. The van der Waals surface area contributed by atoms with Gasteiger partial charge in [0, 0.05) is 23.5 Å². The number of hydrogen-bond acceptors (Lipinski definition) is 4. The van der Waals surface area contributed by atoms with Crippen LogP contribution in [0.4, 0.5) is 29.7 Å². The molecule has 0 aliphatic heterocycles. The fourth-order valence-electron chi connectivity index (χ4n) is 1.75. The SMILES string of the molecule is CCOC(=O)Nc1cccc(OC(=O)Nc2ccc(F)c(F)c2)c1. The minimum absolute atomic E-state index is 0.0414. The van der Waals surface area contributed by atoms with Gasteiger partial charge in [0.05, 0.1) is 6.61 Å². The number of anilines is 2. The lowest BCUT2D eigenvalue weighted by molar-refractivity contribution is 0.168. The van der Waals surface area contributed by atoms with E-state index in [9.17, 15) is 18.4 Å². The predicted octanol–water partition coefficient (Wildman–Crippen LogP) is 4.14. The van der Waals surface area contributed by atoms with E-state index in [0.29, 0.717) is 5.69 Å². The van der Waals surface area contributed by atoms with Gasteiger partial charge in [0.2, 0.25) is 0 Å². The number of carbonyl (C=O) groups is 2. The van der Waals surface area contributed by atoms with E-state index in [4.69, 9.17) is 9.47 Å². The van der Waals surface area contributed by atoms with Crippen molar-refractivity contribution >= 4 is 23.6 Å². The highest BCUT2D eigenvalue weighted by molar-refractivity contribution is 5.87. The zero-order valence-corrected chi connectivity index (χ0v) is 12.6. The normalized spacial score (nSPS) is 9.96. The predicted molar refractivity (Wildman–Crippen MR) is 83.1 cm³/mol. The van der Waals surface area contributed by atoms with E-state index in [0.717, 1.165) is 12.1 Å². The number of benzene rings is 2. The van der Waals surface area contributed by atoms with Gasteiger partial charge in [-0.2, -0.15) is 0 Å². The Labute approximate surface area is 136 Å². The molecule has 0 heterocycles. The Morgan fingerprint density at radius 2 is 1.67 bits per heavy atom. The van der Waals surface area contributed by atoms with Crippen LogP contribution in [0, 0.1) is 11.6 Å². The van der Waals surface area contributed by atoms with E-state index in [1.54, 1.807) is 19.1 Å². The number of rotatable bonds is 4. The van der Waals surface area contributed by atoms with Crippen LogP contribution in [0.5, 0.6) is 5.75 Å². The highest BCUT2D eigenvalue weighted by Gasteiger charge is 2.09. The van der Waals surface area contributed by atoms with Crippen molar-refractivity contribution < 1.29 is 27.8 Å². The largest absolute Gasteiger partial charge is 0.450 e. The molecule has 0 fully saturated rings. The summed E-state index contributed by atoms with van der Waals surface area (Å²) < 4.78 is 35.6. The standard InChI is InChI=1S/C16H14F2N2O4/c1-2-23-15(21)19-10-4-3-5-12(8-10)24-16(22)20-11-6-7-13(17)14(18)9-11/h3-9H,2H2,1H3,(H,19,21)(H,20,22). The summed E-state index contributed by atoms with van der Waals surface area (Å²) in [5.74, 6) is -1.97. The van der Waals surface area contributed by atoms with Gasteiger partial charge in [-0.25, -0.2) is 18.4 Å². The molecule has 0 aliphatic carbocycles. The van der Waals surface area contributed by atoms with Gasteiger partial charge in [-0.3, -0.25) is 10.6 Å². The van der Waals surface area contributed by atoms with Crippen molar-refractivity contribution in [1.82, 2.24) is 0 Å². The summed E-state index contributed by atoms with van der Waals surface area (Å²) in [6.07, 6.45) is -1.53. The molecule has 2 aromatic rings. The highest BCUT2D eigenvalue weighted by Crippen LogP contribution is 2.19. The molecule has 0 saturated heterocycles. The van der Waals surface area contributed by atoms with Crippen LogP contribution >= 0.6 is 0 Å². The summed E-state index contributed by atoms with van der Waals surface area (Å²) in [6.45, 7) is 1.89. The smallest absolute Gasteiger partial charge is 0.417 e. The second-order valence-electron chi connectivity index (χ2n) is 4.52. The van der Waals surface area contributed by atoms with Crippen molar-refractivity contribution in [2.24, 2.45) is 0 Å². The minimum atomic E-state index is -1.09. The van der Waals surface area contributed by atoms with Gasteiger partial charge >= 0.3 is 12.2 Å². The first-order valence-electron chi connectivity index (χ1n) is 6.95. The molecular formula is C16H14F2N2O4. The highest BCUT2D eigenvalue weighted by atomic mass is 19.2. The molecule has 0 aliphatic rings. The molecule has 24 heavy (non-hydrogen) atoms. The zero-order chi connectivity index (χ0) is 17.5. The molecule has 0 atom stereocenters. The fraction of sp³-hybridized carbons (Fsp3) is 0.125. The Kier molecular flexibility index (Phi) is 5.67. The van der Waals surface area contributed by atoms with Crippen molar-refractivity contribution in [2.75, 3.05) is 17.2 Å². The van der Waals surface area contributed by atoms with E-state index in [2.05, 4.69) is 10.6 Å². The first-order valence-corrected chi connectivity index (χ1v) is 6.95. The number of amides is 2. The van der Waals surface area contributed by atoms with E-state index >= 15 is 0 Å². The summed E-state index contributed by atoms with van der Waals surface area (Å²) in [6, 6.07) is 8.93. The second-order valence-corrected chi connectivity index (χ2v) is 4.52. The Balaban J connectivity index is 1.98. The molecule has 8 heteroatoms. The van der Waals surface area contributed by atoms with Gasteiger partial charge in [0.25, 0.3) is 0 Å². The lowest BCUT2D eigenvalue weighted by Crippen LogP contribution is -2.17. The lowest BCUT2D eigenvalue weighted by atomic mass is 10.3. The van der Waals surface area contributed by atoms with Crippen molar-refractivity contribution in [3.8, 4) is 5.75 Å². The van der Waals surface area contributed by atoms with Gasteiger partial charge in [-0.05, 0) is 31.2 Å². The first-order chi connectivity index (χ1) is 11.5. The van der Waals surface area contributed by atoms with Crippen LogP contribution in [0.3, 0.4) is 0 Å². The topological polar surface area (TPSA) is 76.7 Å². The van der Waals surface area contributed by atoms with Crippen molar-refractivity contribution in [3.63, 3.8) is 0 Å². The molecule has 0 bridgehead atoms. The third kappa shape index (κ3) is 4.94. The van der Waals surface area contributed by atoms with Crippen molar-refractivity contribution in [1.29, 1.82) is 0 Å². The lowest BCUT2D eigenvalue weighted by Gasteiger charge is -2.09. The van der Waals surface area contributed by atoms with Gasteiger partial charge in [0.15, 0.2) is 11.6 Å². The maximum Gasteiger partial charge on any atom is 0.417 e. The summed E-state index contributed by atoms with van der Waals surface area (Å²) in [5.41, 5.74) is 0.409. The third-order valence-electron chi connectivity index (χ3n) is 2.73. The first kappa shape index (κ1) is 17.2. The van der Waals surface area contributed by atoms with Crippen LogP contribution in [0.2, 0.25) is 0 Å². The summed E-state index contributed by atoms with van der Waals surface area (Å²) in [4.78, 5) is 23.1. The van der Waals surface area contributed by atoms with Gasteiger partial charge in [-0.15, -0.1) is 0 Å². The van der Waals surface area contributed by atoms with Gasteiger partial charge in [0.1, 0.15) is 5.75 Å². The van der Waals surface area contributed by atoms with Gasteiger partial charge in [-0.1, -0.05) is 6.07 Å². The summed E-state index contributed by atoms with van der Waals surface area (Å²) in [5, 5.41) is 4.71. The molecule has 2 N–H and O–H groups in total. The van der Waals surface area contributed by atoms with Gasteiger partial charge < -0.3 is 9.47 Å². The molecule has 2 aromatic carbocycles. The third-order valence-corrected chi connectivity index (χ3v) is 2.73. The second kappa shape index (κ2) is 7.91. The van der Waals surface area contributed by atoms with Crippen LogP contribution in [0.25, 0.3) is 0 Å². The molecule has 0 saturated carbocycles. The van der Waals surface area contributed by atoms with Crippen molar-refractivity contribution in [3.05, 3.63) is 54.1 Å². The average molecular weight is 336 g/mol. The van der Waals surface area contributed by atoms with Crippen LogP contribution in [0.1, 0.15) is 6.92 Å². The molecular weight excluding hydrogens is 322 g/mol. The molecule has 6 nitrogen and oxygen atoms in total.